The highest BCUT2D eigenvalue weighted by molar-refractivity contribution is 9.10. The molecule has 4 atom stereocenters. The lowest BCUT2D eigenvalue weighted by atomic mass is 9.83. The predicted molar refractivity (Wildman–Crippen MR) is 88.8 cm³/mol. The number of likely N-dealkylation sites (N-methyl/N-ethyl adjacent to an activating group) is 1. The molecule has 1 nitrogen and oxygen atoms in total. The van der Waals surface area contributed by atoms with Crippen molar-refractivity contribution in [2.45, 2.75) is 51.5 Å². The summed E-state index contributed by atoms with van der Waals surface area (Å²) < 4.78 is 14.3. The highest BCUT2D eigenvalue weighted by Crippen LogP contribution is 2.50. The molecule has 116 valence electrons. The molecule has 21 heavy (non-hydrogen) atoms. The first-order valence-electron chi connectivity index (χ1n) is 8.33. The van der Waals surface area contributed by atoms with E-state index in [9.17, 15) is 4.39 Å². The fraction of sp³-hybridized carbons (Fsp3) is 0.667. The third-order valence-electron chi connectivity index (χ3n) is 5.46. The van der Waals surface area contributed by atoms with Gasteiger partial charge in [0, 0.05) is 6.04 Å². The number of hydrogen-bond donors (Lipinski definition) is 1. The molecular formula is C18H25BrFN. The van der Waals surface area contributed by atoms with Gasteiger partial charge in [-0.25, -0.2) is 4.39 Å². The Balaban J connectivity index is 1.65. The van der Waals surface area contributed by atoms with Crippen molar-refractivity contribution in [2.24, 2.45) is 17.8 Å². The number of hydrogen-bond acceptors (Lipinski definition) is 1. The van der Waals surface area contributed by atoms with E-state index in [4.69, 9.17) is 0 Å². The first kappa shape index (κ1) is 15.5. The van der Waals surface area contributed by atoms with Crippen LogP contribution < -0.4 is 5.32 Å². The second-order valence-electron chi connectivity index (χ2n) is 6.84. The monoisotopic (exact) mass is 353 g/mol. The molecule has 0 spiro atoms. The Morgan fingerprint density at radius 2 is 2.19 bits per heavy atom. The van der Waals surface area contributed by atoms with Gasteiger partial charge in [0.15, 0.2) is 0 Å². The van der Waals surface area contributed by atoms with Crippen molar-refractivity contribution in [3.8, 4) is 0 Å². The predicted octanol–water partition coefficient (Wildman–Crippen LogP) is 4.94. The van der Waals surface area contributed by atoms with Crippen molar-refractivity contribution in [1.29, 1.82) is 0 Å². The Morgan fingerprint density at radius 3 is 2.86 bits per heavy atom. The van der Waals surface area contributed by atoms with Gasteiger partial charge in [-0.15, -0.1) is 0 Å². The fourth-order valence-corrected chi connectivity index (χ4v) is 4.96. The van der Waals surface area contributed by atoms with Gasteiger partial charge in [0.25, 0.3) is 0 Å². The maximum Gasteiger partial charge on any atom is 0.137 e. The van der Waals surface area contributed by atoms with Crippen LogP contribution in [-0.4, -0.2) is 12.6 Å². The van der Waals surface area contributed by atoms with Crippen molar-refractivity contribution in [3.63, 3.8) is 0 Å². The van der Waals surface area contributed by atoms with Gasteiger partial charge in [0.2, 0.25) is 0 Å². The zero-order chi connectivity index (χ0) is 14.8. The molecule has 2 bridgehead atoms. The zero-order valence-corrected chi connectivity index (χ0v) is 14.3. The summed E-state index contributed by atoms with van der Waals surface area (Å²) in [6.45, 7) is 3.15. The Kier molecular flexibility index (Phi) is 5.00. The van der Waals surface area contributed by atoms with Gasteiger partial charge >= 0.3 is 0 Å². The third kappa shape index (κ3) is 3.50. The molecule has 2 fully saturated rings. The molecule has 0 aliphatic heterocycles. The molecule has 2 saturated carbocycles. The summed E-state index contributed by atoms with van der Waals surface area (Å²) in [5.74, 6) is 2.71. The molecule has 3 rings (SSSR count). The SMILES string of the molecule is CCNC(Cc1cccc(F)c1Br)CC1CC2CCC1C2. The summed E-state index contributed by atoms with van der Waals surface area (Å²) in [4.78, 5) is 0. The van der Waals surface area contributed by atoms with Crippen LogP contribution >= 0.6 is 15.9 Å². The highest BCUT2D eigenvalue weighted by atomic mass is 79.9. The van der Waals surface area contributed by atoms with Crippen LogP contribution in [0.25, 0.3) is 0 Å². The van der Waals surface area contributed by atoms with E-state index in [-0.39, 0.29) is 5.82 Å². The molecule has 1 aromatic rings. The van der Waals surface area contributed by atoms with Crippen LogP contribution in [0.1, 0.15) is 44.6 Å². The molecule has 2 aliphatic rings. The van der Waals surface area contributed by atoms with Gasteiger partial charge < -0.3 is 5.32 Å². The number of rotatable bonds is 6. The molecule has 0 amide bonds. The first-order valence-corrected chi connectivity index (χ1v) is 9.13. The molecule has 1 N–H and O–H groups in total. The van der Waals surface area contributed by atoms with Gasteiger partial charge in [0.1, 0.15) is 5.82 Å². The van der Waals surface area contributed by atoms with Gasteiger partial charge in [-0.2, -0.15) is 0 Å². The van der Waals surface area contributed by atoms with E-state index in [1.54, 1.807) is 0 Å². The van der Waals surface area contributed by atoms with Gasteiger partial charge in [0.05, 0.1) is 4.47 Å². The molecule has 0 heterocycles. The summed E-state index contributed by atoms with van der Waals surface area (Å²) in [5.41, 5.74) is 1.09. The van der Waals surface area contributed by atoms with E-state index >= 15 is 0 Å². The van der Waals surface area contributed by atoms with Crippen LogP contribution in [0.5, 0.6) is 0 Å². The summed E-state index contributed by atoms with van der Waals surface area (Å²) >= 11 is 3.40. The number of benzene rings is 1. The maximum atomic E-state index is 13.7. The molecule has 3 heteroatoms. The van der Waals surface area contributed by atoms with E-state index in [1.165, 1.54) is 38.2 Å². The summed E-state index contributed by atoms with van der Waals surface area (Å²) in [5, 5.41) is 3.62. The molecule has 0 radical (unpaired) electrons. The Morgan fingerprint density at radius 1 is 1.33 bits per heavy atom. The van der Waals surface area contributed by atoms with Crippen molar-refractivity contribution in [2.75, 3.05) is 6.54 Å². The summed E-state index contributed by atoms with van der Waals surface area (Å²) in [7, 11) is 0. The molecule has 4 unspecified atom stereocenters. The van der Waals surface area contributed by atoms with Crippen LogP contribution in [0.15, 0.2) is 22.7 Å². The molecule has 0 aromatic heterocycles. The third-order valence-corrected chi connectivity index (χ3v) is 6.35. The number of nitrogens with one attached hydrogen (secondary N) is 1. The minimum absolute atomic E-state index is 0.150. The van der Waals surface area contributed by atoms with Crippen molar-refractivity contribution in [1.82, 2.24) is 5.32 Å². The number of halogens is 2. The second-order valence-corrected chi connectivity index (χ2v) is 7.64. The lowest BCUT2D eigenvalue weighted by Gasteiger charge is -2.27. The average molecular weight is 354 g/mol. The maximum absolute atomic E-state index is 13.7. The Hall–Kier alpha value is -0.410. The molecular weight excluding hydrogens is 329 g/mol. The number of fused-ring (bicyclic) bond motifs is 2. The topological polar surface area (TPSA) is 12.0 Å². The molecule has 1 aromatic carbocycles. The van der Waals surface area contributed by atoms with Crippen molar-refractivity contribution in [3.05, 3.63) is 34.1 Å². The van der Waals surface area contributed by atoms with E-state index in [0.717, 1.165) is 36.3 Å². The van der Waals surface area contributed by atoms with Crippen molar-refractivity contribution >= 4 is 15.9 Å². The van der Waals surface area contributed by atoms with E-state index < -0.39 is 0 Å². The first-order chi connectivity index (χ1) is 10.2. The van der Waals surface area contributed by atoms with Crippen LogP contribution in [0.3, 0.4) is 0 Å². The van der Waals surface area contributed by atoms with Gasteiger partial charge in [-0.3, -0.25) is 0 Å². The lowest BCUT2D eigenvalue weighted by Crippen LogP contribution is -2.34. The normalized spacial score (nSPS) is 29.0. The van der Waals surface area contributed by atoms with Crippen LogP contribution in [0.2, 0.25) is 0 Å². The smallest absolute Gasteiger partial charge is 0.137 e. The quantitative estimate of drug-likeness (QED) is 0.763. The second kappa shape index (κ2) is 6.78. The highest BCUT2D eigenvalue weighted by Gasteiger charge is 2.40. The fourth-order valence-electron chi connectivity index (χ4n) is 4.53. The van der Waals surface area contributed by atoms with Gasteiger partial charge in [-0.05, 0) is 84.0 Å². The molecule has 2 aliphatic carbocycles. The van der Waals surface area contributed by atoms with Gasteiger partial charge in [-0.1, -0.05) is 25.5 Å². The minimum atomic E-state index is -0.150. The molecule has 0 saturated heterocycles. The summed E-state index contributed by atoms with van der Waals surface area (Å²) in [6.07, 6.45) is 7.96. The standard InChI is InChI=1S/C18H25BrFN/c1-2-21-16(10-14-4-3-5-17(20)18(14)19)11-15-9-12-6-7-13(15)8-12/h3-5,12-13,15-16,21H,2,6-11H2,1H3. The average Bonchev–Trinajstić information content (AvgIpc) is 3.06. The zero-order valence-electron chi connectivity index (χ0n) is 12.7. The summed E-state index contributed by atoms with van der Waals surface area (Å²) in [6, 6.07) is 5.84. The van der Waals surface area contributed by atoms with Crippen LogP contribution in [0, 0.1) is 23.6 Å². The minimum Gasteiger partial charge on any atom is -0.314 e. The van der Waals surface area contributed by atoms with Crippen molar-refractivity contribution < 1.29 is 4.39 Å². The largest absolute Gasteiger partial charge is 0.314 e. The van der Waals surface area contributed by atoms with E-state index in [2.05, 4.69) is 28.2 Å². The van der Waals surface area contributed by atoms with Crippen LogP contribution in [0.4, 0.5) is 4.39 Å². The Labute approximate surface area is 135 Å². The lowest BCUT2D eigenvalue weighted by molar-refractivity contribution is 0.278. The van der Waals surface area contributed by atoms with E-state index in [1.807, 2.05) is 12.1 Å². The van der Waals surface area contributed by atoms with Crippen LogP contribution in [-0.2, 0) is 6.42 Å². The Bertz CT molecular complexity index is 490. The van der Waals surface area contributed by atoms with E-state index in [0.29, 0.717) is 10.5 Å².